The lowest BCUT2D eigenvalue weighted by Crippen LogP contribution is -2.44. The first-order valence-electron chi connectivity index (χ1n) is 9.40. The van der Waals surface area contributed by atoms with Crippen LogP contribution in [0.3, 0.4) is 0 Å². The van der Waals surface area contributed by atoms with E-state index in [0.29, 0.717) is 12.2 Å². The fourth-order valence-corrected chi connectivity index (χ4v) is 4.45. The van der Waals surface area contributed by atoms with E-state index in [0.717, 1.165) is 27.7 Å². The Hall–Kier alpha value is -2.12. The van der Waals surface area contributed by atoms with Gasteiger partial charge >= 0.3 is 0 Å². The van der Waals surface area contributed by atoms with Gasteiger partial charge in [-0.05, 0) is 6.92 Å². The van der Waals surface area contributed by atoms with Crippen LogP contribution in [0.4, 0.5) is 0 Å². The normalized spacial score (nSPS) is 25.0. The van der Waals surface area contributed by atoms with Gasteiger partial charge in [-0.2, -0.15) is 0 Å². The lowest BCUT2D eigenvalue weighted by molar-refractivity contribution is -0.207. The molecular formula is C22H24N2O3S. The van der Waals surface area contributed by atoms with Crippen molar-refractivity contribution in [2.75, 3.05) is 5.75 Å². The van der Waals surface area contributed by atoms with Gasteiger partial charge < -0.3 is 19.9 Å². The number of aromatic nitrogens is 2. The van der Waals surface area contributed by atoms with Crippen LogP contribution in [0.5, 0.6) is 0 Å². The summed E-state index contributed by atoms with van der Waals surface area (Å²) in [5.41, 5.74) is 3.11. The molecule has 28 heavy (non-hydrogen) atoms. The highest BCUT2D eigenvalue weighted by Crippen LogP contribution is 2.34. The summed E-state index contributed by atoms with van der Waals surface area (Å²) in [7, 11) is 0. The average molecular weight is 397 g/mol. The van der Waals surface area contributed by atoms with Crippen LogP contribution < -0.4 is 0 Å². The minimum absolute atomic E-state index is 0.228. The van der Waals surface area contributed by atoms with Gasteiger partial charge in [0.15, 0.2) is 11.4 Å². The molecular weight excluding hydrogens is 372 g/mol. The molecule has 6 heteroatoms. The summed E-state index contributed by atoms with van der Waals surface area (Å²) in [6.45, 7) is 1.74. The third-order valence-corrected chi connectivity index (χ3v) is 5.83. The van der Waals surface area contributed by atoms with Crippen molar-refractivity contribution >= 4 is 11.8 Å². The Morgan fingerprint density at radius 1 is 1.07 bits per heavy atom. The first-order valence-corrected chi connectivity index (χ1v) is 10.4. The van der Waals surface area contributed by atoms with Crippen molar-refractivity contribution in [2.45, 2.75) is 42.9 Å². The van der Waals surface area contributed by atoms with E-state index in [1.807, 2.05) is 36.4 Å². The van der Waals surface area contributed by atoms with Crippen LogP contribution in [-0.2, 0) is 4.74 Å². The highest BCUT2D eigenvalue weighted by atomic mass is 32.2. The van der Waals surface area contributed by atoms with Gasteiger partial charge in [0.25, 0.3) is 0 Å². The first kappa shape index (κ1) is 19.2. The van der Waals surface area contributed by atoms with E-state index in [1.54, 1.807) is 18.7 Å². The molecule has 146 valence electrons. The summed E-state index contributed by atoms with van der Waals surface area (Å²) in [5, 5.41) is 20.9. The van der Waals surface area contributed by atoms with Crippen molar-refractivity contribution in [3.63, 3.8) is 0 Å². The van der Waals surface area contributed by atoms with Crippen molar-refractivity contribution in [2.24, 2.45) is 0 Å². The Balaban J connectivity index is 1.58. The zero-order chi connectivity index (χ0) is 19.6. The number of benzene rings is 2. The molecule has 3 aromatic rings. The maximum atomic E-state index is 10.3. The van der Waals surface area contributed by atoms with Gasteiger partial charge in [0, 0.05) is 29.7 Å². The van der Waals surface area contributed by atoms with Crippen LogP contribution in [0.15, 0.2) is 65.8 Å². The predicted molar refractivity (Wildman–Crippen MR) is 111 cm³/mol. The lowest BCUT2D eigenvalue weighted by Gasteiger charge is -2.36. The number of rotatable bonds is 5. The van der Waals surface area contributed by atoms with Gasteiger partial charge in [-0.1, -0.05) is 72.4 Å². The van der Waals surface area contributed by atoms with Crippen molar-refractivity contribution in [1.82, 2.24) is 9.97 Å². The molecule has 3 N–H and O–H groups in total. The Morgan fingerprint density at radius 3 is 2.36 bits per heavy atom. The fourth-order valence-electron chi connectivity index (χ4n) is 3.58. The number of aliphatic hydroxyl groups excluding tert-OH is 1. The van der Waals surface area contributed by atoms with Crippen LogP contribution in [-0.4, -0.2) is 43.9 Å². The van der Waals surface area contributed by atoms with Crippen LogP contribution >= 0.6 is 11.8 Å². The zero-order valence-corrected chi connectivity index (χ0v) is 16.5. The van der Waals surface area contributed by atoms with Gasteiger partial charge in [-0.15, -0.1) is 0 Å². The standard InChI is InChI=1S/C22H24N2O3S/c1-22(26)12-17(27-18(25)13-22)14-28-21-23-19(15-8-4-2-5-9-15)20(24-21)16-10-6-3-7-11-16/h2-11,17-18,25-26H,12-14H2,1H3,(H,23,24)/t17-,18-,22-/m0/s1. The number of hydrogen-bond acceptors (Lipinski definition) is 5. The molecule has 0 radical (unpaired) electrons. The SMILES string of the molecule is C[C@]1(O)C[C@@H](CSc2nc(-c3ccccc3)c(-c3ccccc3)[nH]2)O[C@H](O)C1. The summed E-state index contributed by atoms with van der Waals surface area (Å²) in [6, 6.07) is 20.2. The Morgan fingerprint density at radius 2 is 1.71 bits per heavy atom. The van der Waals surface area contributed by atoms with Crippen LogP contribution in [0.2, 0.25) is 0 Å². The molecule has 4 rings (SSSR count). The molecule has 0 saturated carbocycles. The second-order valence-electron chi connectivity index (χ2n) is 7.43. The molecule has 1 fully saturated rings. The Kier molecular flexibility index (Phi) is 5.55. The maximum absolute atomic E-state index is 10.3. The van der Waals surface area contributed by atoms with E-state index in [2.05, 4.69) is 29.2 Å². The van der Waals surface area contributed by atoms with Crippen molar-refractivity contribution in [1.29, 1.82) is 0 Å². The maximum Gasteiger partial charge on any atom is 0.166 e. The number of thioether (sulfide) groups is 1. The highest BCUT2D eigenvalue weighted by molar-refractivity contribution is 7.99. The summed E-state index contributed by atoms with van der Waals surface area (Å²) in [6.07, 6.45) is -0.417. The molecule has 1 aromatic heterocycles. The number of nitrogens with zero attached hydrogens (tertiary/aromatic N) is 1. The third-order valence-electron chi connectivity index (χ3n) is 4.83. The van der Waals surface area contributed by atoms with Gasteiger partial charge in [-0.3, -0.25) is 0 Å². The summed E-state index contributed by atoms with van der Waals surface area (Å²) < 4.78 is 5.58. The average Bonchev–Trinajstić information content (AvgIpc) is 3.11. The molecule has 2 heterocycles. The van der Waals surface area contributed by atoms with E-state index >= 15 is 0 Å². The molecule has 1 aliphatic rings. The zero-order valence-electron chi connectivity index (χ0n) is 15.7. The van der Waals surface area contributed by atoms with Gasteiger partial charge in [0.05, 0.1) is 23.1 Å². The second-order valence-corrected chi connectivity index (χ2v) is 8.44. The number of aromatic amines is 1. The molecule has 5 nitrogen and oxygen atoms in total. The number of nitrogens with one attached hydrogen (secondary N) is 1. The molecule has 2 aromatic carbocycles. The summed E-state index contributed by atoms with van der Waals surface area (Å²) in [4.78, 5) is 8.26. The number of hydrogen-bond donors (Lipinski definition) is 3. The van der Waals surface area contributed by atoms with E-state index in [9.17, 15) is 10.2 Å². The van der Waals surface area contributed by atoms with Crippen molar-refractivity contribution in [3.8, 4) is 22.5 Å². The fraction of sp³-hybridized carbons (Fsp3) is 0.318. The van der Waals surface area contributed by atoms with Crippen molar-refractivity contribution in [3.05, 3.63) is 60.7 Å². The predicted octanol–water partition coefficient (Wildman–Crippen LogP) is 4.08. The van der Waals surface area contributed by atoms with E-state index < -0.39 is 11.9 Å². The first-order chi connectivity index (χ1) is 13.5. The molecule has 0 spiro atoms. The van der Waals surface area contributed by atoms with Crippen molar-refractivity contribution < 1.29 is 14.9 Å². The van der Waals surface area contributed by atoms with Crippen LogP contribution in [0.1, 0.15) is 19.8 Å². The minimum atomic E-state index is -0.925. The topological polar surface area (TPSA) is 78.4 Å². The molecule has 0 aliphatic carbocycles. The molecule has 3 atom stereocenters. The number of ether oxygens (including phenoxy) is 1. The number of imidazole rings is 1. The smallest absolute Gasteiger partial charge is 0.166 e. The third kappa shape index (κ3) is 4.47. The van der Waals surface area contributed by atoms with Gasteiger partial charge in [0.1, 0.15) is 0 Å². The monoisotopic (exact) mass is 396 g/mol. The van der Waals surface area contributed by atoms with Crippen LogP contribution in [0.25, 0.3) is 22.5 Å². The molecule has 0 unspecified atom stereocenters. The quantitative estimate of drug-likeness (QED) is 0.566. The molecule has 0 bridgehead atoms. The summed E-state index contributed by atoms with van der Waals surface area (Å²) >= 11 is 1.54. The number of H-pyrrole nitrogens is 1. The molecule has 0 amide bonds. The van der Waals surface area contributed by atoms with Crippen LogP contribution in [0, 0.1) is 0 Å². The van der Waals surface area contributed by atoms with E-state index in [4.69, 9.17) is 9.72 Å². The van der Waals surface area contributed by atoms with Gasteiger partial charge in [-0.25, -0.2) is 4.98 Å². The second kappa shape index (κ2) is 8.09. The molecule has 1 aliphatic heterocycles. The van der Waals surface area contributed by atoms with E-state index in [-0.39, 0.29) is 12.5 Å². The largest absolute Gasteiger partial charge is 0.390 e. The Bertz CT molecular complexity index is 855. The number of aliphatic hydroxyl groups is 2. The van der Waals surface area contributed by atoms with E-state index in [1.165, 1.54) is 0 Å². The summed E-state index contributed by atoms with van der Waals surface area (Å²) in [5.74, 6) is 0.600. The minimum Gasteiger partial charge on any atom is -0.390 e. The molecule has 1 saturated heterocycles. The van der Waals surface area contributed by atoms with Gasteiger partial charge in [0.2, 0.25) is 0 Å². The lowest BCUT2D eigenvalue weighted by atomic mass is 9.92. The Labute approximate surface area is 168 Å². The highest BCUT2D eigenvalue weighted by Gasteiger charge is 2.35.